The summed E-state index contributed by atoms with van der Waals surface area (Å²) in [6.07, 6.45) is 0. The van der Waals surface area contributed by atoms with Crippen molar-refractivity contribution in [3.63, 3.8) is 0 Å². The molecular formula is C48H30N2O. The van der Waals surface area contributed by atoms with E-state index in [0.29, 0.717) is 0 Å². The van der Waals surface area contributed by atoms with Gasteiger partial charge in [-0.3, -0.25) is 0 Å². The Bertz CT molecular complexity index is 3090. The van der Waals surface area contributed by atoms with Gasteiger partial charge >= 0.3 is 0 Å². The van der Waals surface area contributed by atoms with Crippen LogP contribution in [0.25, 0.3) is 81.7 Å². The van der Waals surface area contributed by atoms with E-state index in [-0.39, 0.29) is 0 Å². The van der Waals surface area contributed by atoms with Crippen molar-refractivity contribution >= 4 is 93.1 Å². The molecule has 0 fully saturated rings. The van der Waals surface area contributed by atoms with Gasteiger partial charge in [-0.15, -0.1) is 0 Å². The predicted molar refractivity (Wildman–Crippen MR) is 215 cm³/mol. The molecular weight excluding hydrogens is 621 g/mol. The van der Waals surface area contributed by atoms with Gasteiger partial charge in [0.2, 0.25) is 0 Å². The summed E-state index contributed by atoms with van der Waals surface area (Å²) in [7, 11) is 0. The number of hydrogen-bond donors (Lipinski definition) is 0. The van der Waals surface area contributed by atoms with Crippen LogP contribution in [-0.2, 0) is 0 Å². The summed E-state index contributed by atoms with van der Waals surface area (Å²) in [6, 6.07) is 65.6. The zero-order valence-electron chi connectivity index (χ0n) is 27.6. The lowest BCUT2D eigenvalue weighted by atomic mass is 9.98. The lowest BCUT2D eigenvalue weighted by Gasteiger charge is -2.27. The highest BCUT2D eigenvalue weighted by atomic mass is 16.3. The first-order chi connectivity index (χ1) is 25.3. The molecule has 3 heteroatoms. The first kappa shape index (κ1) is 28.0. The van der Waals surface area contributed by atoms with Gasteiger partial charge in [0.15, 0.2) is 0 Å². The molecule has 11 aromatic rings. The number of rotatable bonds is 4. The molecule has 0 saturated carbocycles. The van der Waals surface area contributed by atoms with Gasteiger partial charge < -0.3 is 13.9 Å². The van der Waals surface area contributed by atoms with E-state index in [1.165, 1.54) is 48.7 Å². The molecule has 2 aromatic heterocycles. The zero-order chi connectivity index (χ0) is 33.5. The zero-order valence-corrected chi connectivity index (χ0v) is 27.6. The first-order valence-corrected chi connectivity index (χ1v) is 17.4. The number of benzene rings is 9. The molecule has 51 heavy (non-hydrogen) atoms. The van der Waals surface area contributed by atoms with E-state index in [1.807, 2.05) is 6.07 Å². The standard InChI is InChI=1S/C48H30N2O/c1-2-12-37-31(10-1)11-9-18-43(37)49(34-23-25-35(26-24-34)50-44-16-6-3-13-39(44)40-14-4-7-17-45(40)50)36-27-29-38-33(30-36)21-20-32-22-28-42-41-15-5-8-19-46(41)51-48(42)47(32)38/h1-30H. The van der Waals surface area contributed by atoms with Crippen molar-refractivity contribution in [2.45, 2.75) is 0 Å². The Hall–Kier alpha value is -6.84. The third-order valence-corrected chi connectivity index (χ3v) is 10.5. The molecule has 11 rings (SSSR count). The highest BCUT2D eigenvalue weighted by Crippen LogP contribution is 2.43. The second kappa shape index (κ2) is 10.8. The van der Waals surface area contributed by atoms with Crippen LogP contribution in [-0.4, -0.2) is 4.57 Å². The second-order valence-corrected chi connectivity index (χ2v) is 13.3. The van der Waals surface area contributed by atoms with E-state index in [0.717, 1.165) is 50.1 Å². The molecule has 2 heterocycles. The van der Waals surface area contributed by atoms with Gasteiger partial charge in [-0.25, -0.2) is 0 Å². The number of anilines is 3. The van der Waals surface area contributed by atoms with Crippen molar-refractivity contribution in [1.29, 1.82) is 0 Å². The summed E-state index contributed by atoms with van der Waals surface area (Å²) >= 11 is 0. The van der Waals surface area contributed by atoms with Crippen molar-refractivity contribution in [3.8, 4) is 5.69 Å². The molecule has 0 spiro atoms. The third-order valence-electron chi connectivity index (χ3n) is 10.5. The molecule has 0 N–H and O–H groups in total. The van der Waals surface area contributed by atoms with Crippen molar-refractivity contribution in [3.05, 3.63) is 182 Å². The molecule has 0 amide bonds. The SMILES string of the molecule is c1ccc2c(N(c3ccc(-n4c5ccccc5c5ccccc54)cc3)c3ccc4c(ccc5ccc6c7ccccc7oc6c54)c3)cccc2c1. The van der Waals surface area contributed by atoms with Gasteiger partial charge in [-0.1, -0.05) is 115 Å². The largest absolute Gasteiger partial charge is 0.455 e. The monoisotopic (exact) mass is 650 g/mol. The fraction of sp³-hybridized carbons (Fsp3) is 0. The van der Waals surface area contributed by atoms with Crippen LogP contribution < -0.4 is 4.90 Å². The number of fused-ring (bicyclic) bond motifs is 11. The maximum absolute atomic E-state index is 6.52. The van der Waals surface area contributed by atoms with Crippen LogP contribution >= 0.6 is 0 Å². The summed E-state index contributed by atoms with van der Waals surface area (Å²) < 4.78 is 8.89. The second-order valence-electron chi connectivity index (χ2n) is 13.3. The van der Waals surface area contributed by atoms with E-state index in [1.54, 1.807) is 0 Å². The van der Waals surface area contributed by atoms with E-state index in [4.69, 9.17) is 4.42 Å². The molecule has 0 bridgehead atoms. The van der Waals surface area contributed by atoms with Gasteiger partial charge in [-0.2, -0.15) is 0 Å². The van der Waals surface area contributed by atoms with Crippen LogP contribution in [0.15, 0.2) is 186 Å². The molecule has 0 radical (unpaired) electrons. The quantitative estimate of drug-likeness (QED) is 0.177. The molecule has 0 atom stereocenters. The fourth-order valence-corrected chi connectivity index (χ4v) is 8.24. The van der Waals surface area contributed by atoms with Crippen molar-refractivity contribution in [1.82, 2.24) is 4.57 Å². The van der Waals surface area contributed by atoms with Gasteiger partial charge in [0.05, 0.1) is 16.7 Å². The van der Waals surface area contributed by atoms with Gasteiger partial charge in [-0.05, 0) is 88.3 Å². The van der Waals surface area contributed by atoms with E-state index >= 15 is 0 Å². The Kier molecular flexibility index (Phi) is 5.96. The number of para-hydroxylation sites is 3. The number of nitrogens with zero attached hydrogens (tertiary/aromatic N) is 2. The van der Waals surface area contributed by atoms with Crippen LogP contribution in [0.3, 0.4) is 0 Å². The summed E-state index contributed by atoms with van der Waals surface area (Å²) in [4.78, 5) is 2.39. The van der Waals surface area contributed by atoms with Gasteiger partial charge in [0.1, 0.15) is 11.2 Å². The van der Waals surface area contributed by atoms with Gasteiger partial charge in [0.25, 0.3) is 0 Å². The average Bonchev–Trinajstić information content (AvgIpc) is 3.74. The predicted octanol–water partition coefficient (Wildman–Crippen LogP) is 13.6. The molecule has 0 aliphatic heterocycles. The van der Waals surface area contributed by atoms with Crippen LogP contribution in [0.2, 0.25) is 0 Å². The number of aromatic nitrogens is 1. The Labute approximate surface area is 293 Å². The topological polar surface area (TPSA) is 21.3 Å². The smallest absolute Gasteiger partial charge is 0.143 e. The third kappa shape index (κ3) is 4.19. The highest BCUT2D eigenvalue weighted by molar-refractivity contribution is 6.23. The van der Waals surface area contributed by atoms with E-state index < -0.39 is 0 Å². The van der Waals surface area contributed by atoms with E-state index in [9.17, 15) is 0 Å². The van der Waals surface area contributed by atoms with Crippen molar-refractivity contribution in [2.24, 2.45) is 0 Å². The molecule has 0 saturated heterocycles. The molecule has 238 valence electrons. The number of furan rings is 1. The minimum Gasteiger partial charge on any atom is -0.455 e. The van der Waals surface area contributed by atoms with Crippen LogP contribution in [0.4, 0.5) is 17.1 Å². The molecule has 0 aliphatic carbocycles. The Balaban J connectivity index is 1.12. The minimum absolute atomic E-state index is 0.917. The van der Waals surface area contributed by atoms with Crippen LogP contribution in [0.1, 0.15) is 0 Å². The van der Waals surface area contributed by atoms with Crippen LogP contribution in [0.5, 0.6) is 0 Å². The van der Waals surface area contributed by atoms with Gasteiger partial charge in [0, 0.05) is 49.4 Å². The summed E-state index contributed by atoms with van der Waals surface area (Å²) in [5.41, 5.74) is 8.73. The summed E-state index contributed by atoms with van der Waals surface area (Å²) in [6.45, 7) is 0. The Morgan fingerprint density at radius 2 is 1.00 bits per heavy atom. The lowest BCUT2D eigenvalue weighted by Crippen LogP contribution is -2.10. The highest BCUT2D eigenvalue weighted by Gasteiger charge is 2.19. The Morgan fingerprint density at radius 1 is 0.392 bits per heavy atom. The Morgan fingerprint density at radius 3 is 1.80 bits per heavy atom. The number of hydrogen-bond acceptors (Lipinski definition) is 2. The van der Waals surface area contributed by atoms with E-state index in [2.05, 4.69) is 185 Å². The van der Waals surface area contributed by atoms with Crippen molar-refractivity contribution < 1.29 is 4.42 Å². The minimum atomic E-state index is 0.917. The maximum atomic E-state index is 6.52. The normalized spacial score (nSPS) is 11.9. The van der Waals surface area contributed by atoms with Crippen molar-refractivity contribution in [2.75, 3.05) is 4.90 Å². The summed E-state index contributed by atoms with van der Waals surface area (Å²) in [5.74, 6) is 0. The summed E-state index contributed by atoms with van der Waals surface area (Å²) in [5, 5.41) is 11.9. The average molecular weight is 651 g/mol. The van der Waals surface area contributed by atoms with Crippen LogP contribution in [0, 0.1) is 0 Å². The molecule has 0 aliphatic rings. The molecule has 3 nitrogen and oxygen atoms in total. The molecule has 9 aromatic carbocycles. The molecule has 0 unspecified atom stereocenters. The maximum Gasteiger partial charge on any atom is 0.143 e. The lowest BCUT2D eigenvalue weighted by molar-refractivity contribution is 0.673. The fourth-order valence-electron chi connectivity index (χ4n) is 8.24. The first-order valence-electron chi connectivity index (χ1n) is 17.4.